The quantitative estimate of drug-likeness (QED) is 0.802. The number of nitrogens with one attached hydrogen (secondary N) is 1. The van der Waals surface area contributed by atoms with E-state index in [1.807, 2.05) is 28.9 Å². The fraction of sp³-hybridized carbons (Fsp3) is 0.111. The first kappa shape index (κ1) is 14.4. The molecule has 1 aliphatic rings. The summed E-state index contributed by atoms with van der Waals surface area (Å²) < 4.78 is 20.2. The number of benzene rings is 2. The van der Waals surface area contributed by atoms with Crippen molar-refractivity contribution in [2.75, 3.05) is 12.4 Å². The van der Waals surface area contributed by atoms with Gasteiger partial charge in [-0.05, 0) is 53.6 Å². The van der Waals surface area contributed by atoms with Crippen molar-refractivity contribution in [3.63, 3.8) is 0 Å². The van der Waals surface area contributed by atoms with Gasteiger partial charge in [-0.1, -0.05) is 12.1 Å². The standard InChI is InChI=1S/C18H15FN4O/c1-24-15-8-4-13(5-9-15)17-10-16(12-2-6-14(19)7-3-12)22-18-20-11-21-23(17)18/h2-11,17H,1H3,(H,20,21,22). The van der Waals surface area contributed by atoms with E-state index in [1.165, 1.54) is 18.5 Å². The van der Waals surface area contributed by atoms with Crippen molar-refractivity contribution in [1.82, 2.24) is 14.8 Å². The second-order valence-electron chi connectivity index (χ2n) is 5.46. The van der Waals surface area contributed by atoms with Crippen LogP contribution in [-0.2, 0) is 0 Å². The number of anilines is 1. The van der Waals surface area contributed by atoms with Crippen LogP contribution in [0.25, 0.3) is 5.70 Å². The zero-order valence-electron chi connectivity index (χ0n) is 13.0. The number of fused-ring (bicyclic) bond motifs is 1. The van der Waals surface area contributed by atoms with Gasteiger partial charge >= 0.3 is 0 Å². The molecular weight excluding hydrogens is 307 g/mol. The number of nitrogens with zero attached hydrogens (tertiary/aromatic N) is 3. The van der Waals surface area contributed by atoms with E-state index in [9.17, 15) is 4.39 Å². The van der Waals surface area contributed by atoms with Crippen LogP contribution >= 0.6 is 0 Å². The van der Waals surface area contributed by atoms with Crippen LogP contribution in [0.15, 0.2) is 60.9 Å². The Labute approximate surface area is 138 Å². The van der Waals surface area contributed by atoms with E-state index >= 15 is 0 Å². The third-order valence-corrected chi connectivity index (χ3v) is 4.02. The molecule has 0 fully saturated rings. The summed E-state index contributed by atoms with van der Waals surface area (Å²) in [6.45, 7) is 0. The molecule has 0 radical (unpaired) electrons. The van der Waals surface area contributed by atoms with Crippen LogP contribution in [0, 0.1) is 5.82 Å². The number of methoxy groups -OCH3 is 1. The first-order valence-corrected chi connectivity index (χ1v) is 7.53. The van der Waals surface area contributed by atoms with Crippen LogP contribution in [-0.4, -0.2) is 21.9 Å². The number of hydrogen-bond acceptors (Lipinski definition) is 4. The molecule has 1 atom stereocenters. The van der Waals surface area contributed by atoms with Crippen LogP contribution in [0.2, 0.25) is 0 Å². The van der Waals surface area contributed by atoms with Crippen molar-refractivity contribution in [2.24, 2.45) is 0 Å². The van der Waals surface area contributed by atoms with Gasteiger partial charge in [-0.25, -0.2) is 9.07 Å². The lowest BCUT2D eigenvalue weighted by molar-refractivity contribution is 0.414. The molecule has 0 spiro atoms. The predicted octanol–water partition coefficient (Wildman–Crippen LogP) is 3.48. The fourth-order valence-corrected chi connectivity index (χ4v) is 2.77. The summed E-state index contributed by atoms with van der Waals surface area (Å²) in [6, 6.07) is 14.1. The molecule has 24 heavy (non-hydrogen) atoms. The Morgan fingerprint density at radius 1 is 1.08 bits per heavy atom. The highest BCUT2D eigenvalue weighted by atomic mass is 19.1. The van der Waals surface area contributed by atoms with Crippen LogP contribution in [0.5, 0.6) is 5.75 Å². The summed E-state index contributed by atoms with van der Waals surface area (Å²) in [5, 5.41) is 7.54. The summed E-state index contributed by atoms with van der Waals surface area (Å²) in [5.74, 6) is 1.19. The molecule has 0 saturated carbocycles. The second-order valence-corrected chi connectivity index (χ2v) is 5.46. The molecule has 2 aromatic carbocycles. The van der Waals surface area contributed by atoms with Crippen molar-refractivity contribution in [2.45, 2.75) is 6.04 Å². The number of hydrogen-bond donors (Lipinski definition) is 1. The van der Waals surface area contributed by atoms with E-state index in [-0.39, 0.29) is 11.9 Å². The molecule has 0 amide bonds. The predicted molar refractivity (Wildman–Crippen MR) is 89.2 cm³/mol. The van der Waals surface area contributed by atoms with Gasteiger partial charge in [-0.2, -0.15) is 10.1 Å². The van der Waals surface area contributed by atoms with Crippen molar-refractivity contribution >= 4 is 11.6 Å². The summed E-state index contributed by atoms with van der Waals surface area (Å²) in [6.07, 6.45) is 3.57. The Kier molecular flexibility index (Phi) is 3.49. The Balaban J connectivity index is 1.77. The molecule has 6 heteroatoms. The zero-order valence-corrected chi connectivity index (χ0v) is 13.0. The number of halogens is 1. The summed E-state index contributed by atoms with van der Waals surface area (Å²) in [7, 11) is 1.64. The van der Waals surface area contributed by atoms with Gasteiger partial charge in [-0.3, -0.25) is 0 Å². The lowest BCUT2D eigenvalue weighted by Crippen LogP contribution is -2.20. The number of aromatic nitrogens is 3. The topological polar surface area (TPSA) is 52.0 Å². The van der Waals surface area contributed by atoms with E-state index in [2.05, 4.69) is 21.5 Å². The molecule has 4 rings (SSSR count). The van der Waals surface area contributed by atoms with Gasteiger partial charge < -0.3 is 10.1 Å². The third kappa shape index (κ3) is 2.52. The SMILES string of the molecule is COc1ccc(C2C=C(c3ccc(F)cc3)Nc3ncnn32)cc1. The van der Waals surface area contributed by atoms with Crippen molar-refractivity contribution in [1.29, 1.82) is 0 Å². The van der Waals surface area contributed by atoms with Gasteiger partial charge in [0.2, 0.25) is 5.95 Å². The van der Waals surface area contributed by atoms with Gasteiger partial charge in [0.05, 0.1) is 7.11 Å². The van der Waals surface area contributed by atoms with Crippen LogP contribution in [0.1, 0.15) is 17.2 Å². The average Bonchev–Trinajstić information content (AvgIpc) is 3.10. The van der Waals surface area contributed by atoms with Crippen molar-refractivity contribution in [3.05, 3.63) is 77.9 Å². The molecule has 3 aromatic rings. The normalized spacial score (nSPS) is 16.1. The van der Waals surface area contributed by atoms with E-state index in [0.29, 0.717) is 5.95 Å². The first-order valence-electron chi connectivity index (χ1n) is 7.53. The zero-order chi connectivity index (χ0) is 16.5. The average molecular weight is 322 g/mol. The molecule has 1 aromatic heterocycles. The largest absolute Gasteiger partial charge is 0.497 e. The number of ether oxygens (including phenoxy) is 1. The molecule has 2 heterocycles. The highest BCUT2D eigenvalue weighted by Crippen LogP contribution is 2.32. The van der Waals surface area contributed by atoms with E-state index in [1.54, 1.807) is 19.2 Å². The molecule has 5 nitrogen and oxygen atoms in total. The Morgan fingerprint density at radius 3 is 2.54 bits per heavy atom. The maximum atomic E-state index is 13.2. The summed E-state index contributed by atoms with van der Waals surface area (Å²) in [5.41, 5.74) is 2.82. The minimum Gasteiger partial charge on any atom is -0.497 e. The van der Waals surface area contributed by atoms with E-state index in [0.717, 1.165) is 22.6 Å². The summed E-state index contributed by atoms with van der Waals surface area (Å²) in [4.78, 5) is 4.26. The maximum absolute atomic E-state index is 13.2. The minimum absolute atomic E-state index is 0.102. The molecule has 1 N–H and O–H groups in total. The molecule has 120 valence electrons. The Hall–Kier alpha value is -3.15. The second kappa shape index (κ2) is 5.81. The highest BCUT2D eigenvalue weighted by molar-refractivity contribution is 5.77. The number of allylic oxidation sites excluding steroid dienone is 1. The van der Waals surface area contributed by atoms with Crippen LogP contribution in [0.3, 0.4) is 0 Å². The van der Waals surface area contributed by atoms with Gasteiger partial charge in [0.1, 0.15) is 23.9 Å². The van der Waals surface area contributed by atoms with Gasteiger partial charge in [0, 0.05) is 5.70 Å². The van der Waals surface area contributed by atoms with Crippen molar-refractivity contribution < 1.29 is 9.13 Å². The fourth-order valence-electron chi connectivity index (χ4n) is 2.77. The minimum atomic E-state index is -0.259. The first-order chi connectivity index (χ1) is 11.7. The van der Waals surface area contributed by atoms with E-state index < -0.39 is 0 Å². The molecule has 0 saturated heterocycles. The summed E-state index contributed by atoms with van der Waals surface area (Å²) >= 11 is 0. The maximum Gasteiger partial charge on any atom is 0.226 e. The van der Waals surface area contributed by atoms with Crippen LogP contribution < -0.4 is 10.1 Å². The highest BCUT2D eigenvalue weighted by Gasteiger charge is 2.23. The molecule has 0 aliphatic carbocycles. The molecule has 0 bridgehead atoms. The van der Waals surface area contributed by atoms with Gasteiger partial charge in [0.25, 0.3) is 0 Å². The molecular formula is C18H15FN4O. The third-order valence-electron chi connectivity index (χ3n) is 4.02. The number of rotatable bonds is 3. The van der Waals surface area contributed by atoms with E-state index in [4.69, 9.17) is 4.74 Å². The lowest BCUT2D eigenvalue weighted by atomic mass is 10.0. The smallest absolute Gasteiger partial charge is 0.226 e. The van der Waals surface area contributed by atoms with Gasteiger partial charge in [-0.15, -0.1) is 0 Å². The van der Waals surface area contributed by atoms with Gasteiger partial charge in [0.15, 0.2) is 0 Å². The van der Waals surface area contributed by atoms with Crippen molar-refractivity contribution in [3.8, 4) is 5.75 Å². The lowest BCUT2D eigenvalue weighted by Gasteiger charge is -2.24. The molecule has 1 unspecified atom stereocenters. The molecule has 1 aliphatic heterocycles. The monoisotopic (exact) mass is 322 g/mol. The Morgan fingerprint density at radius 2 is 1.83 bits per heavy atom. The van der Waals surface area contributed by atoms with Crippen LogP contribution in [0.4, 0.5) is 10.3 Å². The Bertz CT molecular complexity index is 884.